The summed E-state index contributed by atoms with van der Waals surface area (Å²) in [6, 6.07) is 2.49. The number of amides is 1. The Kier molecular flexibility index (Phi) is 5.69. The lowest BCUT2D eigenvalue weighted by molar-refractivity contribution is -0.130. The average molecular weight is 325 g/mol. The summed E-state index contributed by atoms with van der Waals surface area (Å²) in [7, 11) is 0. The van der Waals surface area contributed by atoms with Crippen LogP contribution in [0.5, 0.6) is 0 Å². The van der Waals surface area contributed by atoms with Gasteiger partial charge in [0.1, 0.15) is 11.6 Å². The van der Waals surface area contributed by atoms with Crippen molar-refractivity contribution in [2.75, 3.05) is 0 Å². The molecule has 2 rings (SSSR count). The molecule has 1 aliphatic carbocycles. The molecule has 3 atom stereocenters. The SMILES string of the molecule is C[C@@H]1CCCC[C@H]1NC(=O)[C@@H](C)OC(=O)c1cc(F)cc(F)c1. The van der Waals surface area contributed by atoms with Gasteiger partial charge in [-0.25, -0.2) is 13.6 Å². The molecule has 4 nitrogen and oxygen atoms in total. The number of benzene rings is 1. The van der Waals surface area contributed by atoms with Crippen LogP contribution in [0.15, 0.2) is 18.2 Å². The smallest absolute Gasteiger partial charge is 0.339 e. The Morgan fingerprint density at radius 2 is 1.78 bits per heavy atom. The summed E-state index contributed by atoms with van der Waals surface area (Å²) in [4.78, 5) is 24.0. The van der Waals surface area contributed by atoms with Crippen molar-refractivity contribution in [3.63, 3.8) is 0 Å². The van der Waals surface area contributed by atoms with Gasteiger partial charge in [-0.15, -0.1) is 0 Å². The van der Waals surface area contributed by atoms with E-state index in [2.05, 4.69) is 12.2 Å². The van der Waals surface area contributed by atoms with E-state index < -0.39 is 29.6 Å². The first kappa shape index (κ1) is 17.4. The van der Waals surface area contributed by atoms with Crippen molar-refractivity contribution in [3.8, 4) is 0 Å². The molecule has 0 heterocycles. The predicted octanol–water partition coefficient (Wildman–Crippen LogP) is 3.21. The zero-order valence-electron chi connectivity index (χ0n) is 13.3. The van der Waals surface area contributed by atoms with E-state index in [1.807, 2.05) is 0 Å². The van der Waals surface area contributed by atoms with Gasteiger partial charge in [0.05, 0.1) is 5.56 Å². The molecule has 1 saturated carbocycles. The summed E-state index contributed by atoms with van der Waals surface area (Å²) in [5.41, 5.74) is -0.256. The Morgan fingerprint density at radius 3 is 2.39 bits per heavy atom. The molecular formula is C17H21F2NO3. The highest BCUT2D eigenvalue weighted by atomic mass is 19.1. The standard InChI is InChI=1S/C17H21F2NO3/c1-10-5-3-4-6-15(10)20-16(21)11(2)23-17(22)12-7-13(18)9-14(19)8-12/h7-11,15H,3-6H2,1-2H3,(H,20,21)/t10-,11-,15-/m1/s1. The quantitative estimate of drug-likeness (QED) is 0.865. The lowest BCUT2D eigenvalue weighted by Gasteiger charge is -2.30. The third kappa shape index (κ3) is 4.74. The molecule has 0 aliphatic heterocycles. The molecule has 1 N–H and O–H groups in total. The van der Waals surface area contributed by atoms with Crippen molar-refractivity contribution in [1.82, 2.24) is 5.32 Å². The van der Waals surface area contributed by atoms with Crippen LogP contribution in [0.3, 0.4) is 0 Å². The average Bonchev–Trinajstić information content (AvgIpc) is 2.48. The molecule has 0 spiro atoms. The Morgan fingerprint density at radius 1 is 1.17 bits per heavy atom. The molecule has 1 fully saturated rings. The number of hydrogen-bond acceptors (Lipinski definition) is 3. The lowest BCUT2D eigenvalue weighted by atomic mass is 9.86. The lowest BCUT2D eigenvalue weighted by Crippen LogP contribution is -2.46. The van der Waals surface area contributed by atoms with E-state index in [9.17, 15) is 18.4 Å². The minimum absolute atomic E-state index is 0.0732. The molecule has 1 aromatic rings. The molecule has 0 bridgehead atoms. The minimum atomic E-state index is -1.03. The molecule has 1 aromatic carbocycles. The van der Waals surface area contributed by atoms with E-state index in [0.29, 0.717) is 12.0 Å². The fraction of sp³-hybridized carbons (Fsp3) is 0.529. The highest BCUT2D eigenvalue weighted by molar-refractivity contribution is 5.92. The minimum Gasteiger partial charge on any atom is -0.449 e. The zero-order chi connectivity index (χ0) is 17.0. The van der Waals surface area contributed by atoms with Gasteiger partial charge in [-0.3, -0.25) is 4.79 Å². The Balaban J connectivity index is 1.93. The van der Waals surface area contributed by atoms with E-state index in [0.717, 1.165) is 37.8 Å². The maximum absolute atomic E-state index is 13.1. The van der Waals surface area contributed by atoms with Gasteiger partial charge in [-0.2, -0.15) is 0 Å². The number of nitrogens with one attached hydrogen (secondary N) is 1. The number of rotatable bonds is 4. The zero-order valence-corrected chi connectivity index (χ0v) is 13.3. The molecule has 0 saturated heterocycles. The van der Waals surface area contributed by atoms with Crippen LogP contribution in [-0.2, 0) is 9.53 Å². The molecule has 1 amide bonds. The maximum atomic E-state index is 13.1. The molecule has 0 radical (unpaired) electrons. The molecule has 1 aliphatic rings. The number of hydrogen-bond donors (Lipinski definition) is 1. The summed E-state index contributed by atoms with van der Waals surface area (Å²) in [5.74, 6) is -2.68. The number of esters is 1. The molecule has 0 aromatic heterocycles. The summed E-state index contributed by atoms with van der Waals surface area (Å²) in [6.45, 7) is 3.52. The van der Waals surface area contributed by atoms with Crippen molar-refractivity contribution in [3.05, 3.63) is 35.4 Å². The van der Waals surface area contributed by atoms with Gasteiger partial charge in [0.15, 0.2) is 6.10 Å². The predicted molar refractivity (Wildman–Crippen MR) is 80.8 cm³/mol. The second kappa shape index (κ2) is 7.53. The fourth-order valence-corrected chi connectivity index (χ4v) is 2.78. The van der Waals surface area contributed by atoms with Crippen LogP contribution in [0.2, 0.25) is 0 Å². The number of carbonyl (C=O) groups excluding carboxylic acids is 2. The van der Waals surface area contributed by atoms with Crippen LogP contribution in [0.25, 0.3) is 0 Å². The van der Waals surface area contributed by atoms with Gasteiger partial charge in [0.2, 0.25) is 0 Å². The monoisotopic (exact) mass is 325 g/mol. The van der Waals surface area contributed by atoms with E-state index in [1.165, 1.54) is 6.92 Å². The molecule has 6 heteroatoms. The molecule has 23 heavy (non-hydrogen) atoms. The van der Waals surface area contributed by atoms with Gasteiger partial charge >= 0.3 is 5.97 Å². The van der Waals surface area contributed by atoms with E-state index in [1.54, 1.807) is 0 Å². The van der Waals surface area contributed by atoms with Crippen LogP contribution in [0, 0.1) is 17.6 Å². The van der Waals surface area contributed by atoms with Crippen molar-refractivity contribution < 1.29 is 23.1 Å². The van der Waals surface area contributed by atoms with Gasteiger partial charge < -0.3 is 10.1 Å². The van der Waals surface area contributed by atoms with Crippen molar-refractivity contribution >= 4 is 11.9 Å². The van der Waals surface area contributed by atoms with Crippen molar-refractivity contribution in [2.24, 2.45) is 5.92 Å². The van der Waals surface area contributed by atoms with Crippen molar-refractivity contribution in [2.45, 2.75) is 51.7 Å². The van der Waals surface area contributed by atoms with Gasteiger partial charge in [-0.05, 0) is 37.8 Å². The van der Waals surface area contributed by atoms with E-state index in [-0.39, 0.29) is 11.6 Å². The number of halogens is 2. The number of ether oxygens (including phenoxy) is 1. The molecule has 0 unspecified atom stereocenters. The summed E-state index contributed by atoms with van der Waals surface area (Å²) in [6.07, 6.45) is 3.16. The van der Waals surface area contributed by atoms with Gasteiger partial charge in [0.25, 0.3) is 5.91 Å². The third-order valence-electron chi connectivity index (χ3n) is 4.19. The van der Waals surface area contributed by atoms with Crippen LogP contribution < -0.4 is 5.32 Å². The molecular weight excluding hydrogens is 304 g/mol. The second-order valence-corrected chi connectivity index (χ2v) is 6.08. The highest BCUT2D eigenvalue weighted by Crippen LogP contribution is 2.23. The van der Waals surface area contributed by atoms with Crippen LogP contribution in [0.1, 0.15) is 49.9 Å². The molecule has 126 valence electrons. The fourth-order valence-electron chi connectivity index (χ4n) is 2.78. The highest BCUT2D eigenvalue weighted by Gasteiger charge is 2.26. The first-order chi connectivity index (χ1) is 10.9. The van der Waals surface area contributed by atoms with E-state index >= 15 is 0 Å². The van der Waals surface area contributed by atoms with Crippen LogP contribution in [0.4, 0.5) is 8.78 Å². The first-order valence-corrected chi connectivity index (χ1v) is 7.84. The van der Waals surface area contributed by atoms with Crippen LogP contribution in [-0.4, -0.2) is 24.0 Å². The Labute approximate surface area is 134 Å². The second-order valence-electron chi connectivity index (χ2n) is 6.08. The normalized spacial score (nSPS) is 22.3. The maximum Gasteiger partial charge on any atom is 0.339 e. The largest absolute Gasteiger partial charge is 0.449 e. The van der Waals surface area contributed by atoms with Crippen LogP contribution >= 0.6 is 0 Å². The Hall–Kier alpha value is -1.98. The van der Waals surface area contributed by atoms with Gasteiger partial charge in [-0.1, -0.05) is 19.8 Å². The summed E-state index contributed by atoms with van der Waals surface area (Å²) in [5, 5.41) is 2.88. The summed E-state index contributed by atoms with van der Waals surface area (Å²) >= 11 is 0. The first-order valence-electron chi connectivity index (χ1n) is 7.84. The van der Waals surface area contributed by atoms with Gasteiger partial charge in [0, 0.05) is 12.1 Å². The Bertz CT molecular complexity index is 571. The topological polar surface area (TPSA) is 55.4 Å². The van der Waals surface area contributed by atoms with E-state index in [4.69, 9.17) is 4.74 Å². The third-order valence-corrected chi connectivity index (χ3v) is 4.19. The van der Waals surface area contributed by atoms with Crippen molar-refractivity contribution in [1.29, 1.82) is 0 Å². The summed E-state index contributed by atoms with van der Waals surface area (Å²) < 4.78 is 31.2. The number of carbonyl (C=O) groups is 2.